The molecule has 0 aromatic carbocycles. The number of nitrogens with one attached hydrogen (secondary N) is 1. The maximum Gasteiger partial charge on any atom is 0.219 e. The molecule has 0 saturated heterocycles. The lowest BCUT2D eigenvalue weighted by atomic mass is 10.00. The van der Waals surface area contributed by atoms with E-state index >= 15 is 0 Å². The number of amides is 1. The Balaban J connectivity index is 3.03. The SMILES string of the molecule is CCc1nc(N)c(C)c(NC(C)(C)CC(N)=O)n1. The summed E-state index contributed by atoms with van der Waals surface area (Å²) in [7, 11) is 0. The maximum atomic E-state index is 11.0. The topological polar surface area (TPSA) is 107 Å². The third-order valence-electron chi connectivity index (χ3n) is 2.62. The molecule has 0 aliphatic carbocycles. The van der Waals surface area contributed by atoms with Crippen LogP contribution in [0, 0.1) is 6.92 Å². The van der Waals surface area contributed by atoms with Gasteiger partial charge in [0.15, 0.2) is 0 Å². The molecule has 6 nitrogen and oxygen atoms in total. The van der Waals surface area contributed by atoms with Gasteiger partial charge in [0.1, 0.15) is 17.5 Å². The van der Waals surface area contributed by atoms with E-state index in [9.17, 15) is 4.79 Å². The van der Waals surface area contributed by atoms with Gasteiger partial charge < -0.3 is 16.8 Å². The van der Waals surface area contributed by atoms with Crippen molar-refractivity contribution >= 4 is 17.5 Å². The van der Waals surface area contributed by atoms with Crippen molar-refractivity contribution in [3.05, 3.63) is 11.4 Å². The van der Waals surface area contributed by atoms with Crippen molar-refractivity contribution in [3.8, 4) is 0 Å². The number of carbonyl (C=O) groups excluding carboxylic acids is 1. The van der Waals surface area contributed by atoms with Crippen LogP contribution in [0.1, 0.15) is 38.6 Å². The Hall–Kier alpha value is -1.85. The zero-order valence-electron chi connectivity index (χ0n) is 11.4. The largest absolute Gasteiger partial charge is 0.383 e. The summed E-state index contributed by atoms with van der Waals surface area (Å²) < 4.78 is 0. The van der Waals surface area contributed by atoms with E-state index in [1.54, 1.807) is 0 Å². The van der Waals surface area contributed by atoms with Gasteiger partial charge in [-0.25, -0.2) is 9.97 Å². The lowest BCUT2D eigenvalue weighted by Crippen LogP contribution is -2.36. The van der Waals surface area contributed by atoms with E-state index in [1.807, 2.05) is 27.7 Å². The van der Waals surface area contributed by atoms with Gasteiger partial charge in [-0.05, 0) is 20.8 Å². The predicted octanol–water partition coefficient (Wildman–Crippen LogP) is 0.996. The molecule has 18 heavy (non-hydrogen) atoms. The van der Waals surface area contributed by atoms with Gasteiger partial charge >= 0.3 is 0 Å². The minimum atomic E-state index is -0.470. The lowest BCUT2D eigenvalue weighted by Gasteiger charge is -2.26. The highest BCUT2D eigenvalue weighted by Gasteiger charge is 2.22. The smallest absolute Gasteiger partial charge is 0.219 e. The first-order valence-corrected chi connectivity index (χ1v) is 5.94. The number of hydrogen-bond donors (Lipinski definition) is 3. The van der Waals surface area contributed by atoms with Crippen molar-refractivity contribution in [1.29, 1.82) is 0 Å². The predicted molar refractivity (Wildman–Crippen MR) is 72.1 cm³/mol. The molecule has 0 fully saturated rings. The molecule has 1 rings (SSSR count). The van der Waals surface area contributed by atoms with Crippen molar-refractivity contribution < 1.29 is 4.79 Å². The molecule has 0 radical (unpaired) electrons. The molecular weight excluding hydrogens is 230 g/mol. The molecule has 0 bridgehead atoms. The zero-order chi connectivity index (χ0) is 13.9. The van der Waals surface area contributed by atoms with Crippen molar-refractivity contribution in [3.63, 3.8) is 0 Å². The Morgan fingerprint density at radius 3 is 2.50 bits per heavy atom. The Morgan fingerprint density at radius 2 is 2.00 bits per heavy atom. The molecule has 1 aromatic rings. The summed E-state index contributed by atoms with van der Waals surface area (Å²) in [6.45, 7) is 7.59. The molecule has 0 saturated carbocycles. The van der Waals surface area contributed by atoms with E-state index in [0.29, 0.717) is 23.9 Å². The third-order valence-corrected chi connectivity index (χ3v) is 2.62. The second-order valence-corrected chi connectivity index (χ2v) is 5.00. The fraction of sp³-hybridized carbons (Fsp3) is 0.583. The first-order chi connectivity index (χ1) is 8.25. The lowest BCUT2D eigenvalue weighted by molar-refractivity contribution is -0.118. The molecule has 0 unspecified atom stereocenters. The summed E-state index contributed by atoms with van der Waals surface area (Å²) in [5, 5.41) is 3.20. The van der Waals surface area contributed by atoms with Crippen LogP contribution in [0.2, 0.25) is 0 Å². The summed E-state index contributed by atoms with van der Waals surface area (Å²) in [6, 6.07) is 0. The van der Waals surface area contributed by atoms with E-state index in [1.165, 1.54) is 0 Å². The van der Waals surface area contributed by atoms with E-state index in [2.05, 4.69) is 15.3 Å². The van der Waals surface area contributed by atoms with Crippen LogP contribution in [0.5, 0.6) is 0 Å². The van der Waals surface area contributed by atoms with Crippen molar-refractivity contribution in [2.45, 2.75) is 46.1 Å². The molecule has 1 heterocycles. The van der Waals surface area contributed by atoms with Gasteiger partial charge in [-0.1, -0.05) is 6.92 Å². The van der Waals surface area contributed by atoms with Gasteiger partial charge in [0.05, 0.1) is 0 Å². The van der Waals surface area contributed by atoms with Crippen LogP contribution in [0.4, 0.5) is 11.6 Å². The van der Waals surface area contributed by atoms with E-state index in [4.69, 9.17) is 11.5 Å². The monoisotopic (exact) mass is 251 g/mol. The summed E-state index contributed by atoms with van der Waals surface area (Å²) in [6.07, 6.45) is 0.924. The minimum absolute atomic E-state index is 0.220. The minimum Gasteiger partial charge on any atom is -0.383 e. The third kappa shape index (κ3) is 3.58. The maximum absolute atomic E-state index is 11.0. The number of aromatic nitrogens is 2. The molecule has 0 aliphatic rings. The Bertz CT molecular complexity index is 456. The second kappa shape index (κ2) is 5.20. The van der Waals surface area contributed by atoms with Crippen LogP contribution in [0.15, 0.2) is 0 Å². The van der Waals surface area contributed by atoms with Gasteiger partial charge in [-0.2, -0.15) is 0 Å². The molecule has 1 amide bonds. The number of rotatable bonds is 5. The normalized spacial score (nSPS) is 11.3. The molecule has 6 heteroatoms. The number of hydrogen-bond acceptors (Lipinski definition) is 5. The fourth-order valence-electron chi connectivity index (χ4n) is 1.66. The highest BCUT2D eigenvalue weighted by molar-refractivity contribution is 5.75. The van der Waals surface area contributed by atoms with Crippen LogP contribution in [0.3, 0.4) is 0 Å². The number of aryl methyl sites for hydroxylation is 1. The van der Waals surface area contributed by atoms with Crippen molar-refractivity contribution in [2.24, 2.45) is 5.73 Å². The first-order valence-electron chi connectivity index (χ1n) is 5.94. The van der Waals surface area contributed by atoms with E-state index < -0.39 is 5.54 Å². The highest BCUT2D eigenvalue weighted by atomic mass is 16.1. The average Bonchev–Trinajstić information content (AvgIpc) is 2.22. The Morgan fingerprint density at radius 1 is 1.39 bits per heavy atom. The summed E-state index contributed by atoms with van der Waals surface area (Å²) in [4.78, 5) is 19.6. The van der Waals surface area contributed by atoms with Crippen LogP contribution in [-0.4, -0.2) is 21.4 Å². The molecule has 0 atom stereocenters. The van der Waals surface area contributed by atoms with Crippen molar-refractivity contribution in [2.75, 3.05) is 11.1 Å². The van der Waals surface area contributed by atoms with Gasteiger partial charge in [0.25, 0.3) is 0 Å². The summed E-state index contributed by atoms with van der Waals surface area (Å²) >= 11 is 0. The first kappa shape index (κ1) is 14.2. The Kier molecular flexibility index (Phi) is 4.11. The quantitative estimate of drug-likeness (QED) is 0.723. The van der Waals surface area contributed by atoms with Gasteiger partial charge in [-0.15, -0.1) is 0 Å². The zero-order valence-corrected chi connectivity index (χ0v) is 11.4. The molecule has 0 spiro atoms. The van der Waals surface area contributed by atoms with Crippen LogP contribution in [-0.2, 0) is 11.2 Å². The Labute approximate surface area is 107 Å². The van der Waals surface area contributed by atoms with Gasteiger partial charge in [0.2, 0.25) is 5.91 Å². The summed E-state index contributed by atoms with van der Waals surface area (Å²) in [5.41, 5.74) is 11.4. The number of nitrogens with two attached hydrogens (primary N) is 2. The number of primary amides is 1. The second-order valence-electron chi connectivity index (χ2n) is 5.00. The van der Waals surface area contributed by atoms with E-state index in [0.717, 1.165) is 5.56 Å². The average molecular weight is 251 g/mol. The van der Waals surface area contributed by atoms with Crippen LogP contribution < -0.4 is 16.8 Å². The highest BCUT2D eigenvalue weighted by Crippen LogP contribution is 2.22. The van der Waals surface area contributed by atoms with Crippen molar-refractivity contribution in [1.82, 2.24) is 9.97 Å². The van der Waals surface area contributed by atoms with Gasteiger partial charge in [-0.3, -0.25) is 4.79 Å². The van der Waals surface area contributed by atoms with E-state index in [-0.39, 0.29) is 12.3 Å². The molecule has 100 valence electrons. The summed E-state index contributed by atoms with van der Waals surface area (Å²) in [5.74, 6) is 1.43. The van der Waals surface area contributed by atoms with Crippen LogP contribution >= 0.6 is 0 Å². The molecular formula is C12H21N5O. The number of nitrogen functional groups attached to an aromatic ring is 1. The van der Waals surface area contributed by atoms with Gasteiger partial charge in [0, 0.05) is 23.9 Å². The number of nitrogens with zero attached hydrogens (tertiary/aromatic N) is 2. The molecule has 5 N–H and O–H groups in total. The molecule has 0 aliphatic heterocycles. The number of anilines is 2. The molecule has 1 aromatic heterocycles. The number of carbonyl (C=O) groups is 1. The van der Waals surface area contributed by atoms with Crippen LogP contribution in [0.25, 0.3) is 0 Å². The standard InChI is InChI=1S/C12H21N5O/c1-5-9-15-10(14)7(2)11(16-9)17-12(3,4)6-8(13)18/h5-6H2,1-4H3,(H2,13,18)(H3,14,15,16,17). The fourth-order valence-corrected chi connectivity index (χ4v) is 1.66.